The number of rotatable bonds is 4. The summed E-state index contributed by atoms with van der Waals surface area (Å²) in [5, 5.41) is 9.16. The highest BCUT2D eigenvalue weighted by atomic mass is 16.5. The molecule has 0 aromatic heterocycles. The van der Waals surface area contributed by atoms with E-state index >= 15 is 0 Å². The van der Waals surface area contributed by atoms with E-state index in [9.17, 15) is 0 Å². The Balaban J connectivity index is 3.74. The number of allylic oxidation sites excluding steroid dienone is 2. The molecule has 0 fully saturated rings. The Morgan fingerprint density at radius 2 is 2.18 bits per heavy atom. The standard InChI is InChI=1S/C9H14O2/c1-8(2)9(10)6-4-5-7-11-3/h4-7,9-10H,1H2,2-3H3/b6-4+,7-5+. The Labute approximate surface area is 67.5 Å². The number of ether oxygens (including phenoxy) is 1. The quantitative estimate of drug-likeness (QED) is 0.379. The van der Waals surface area contributed by atoms with E-state index in [1.807, 2.05) is 0 Å². The molecule has 2 heteroatoms. The van der Waals surface area contributed by atoms with Crippen molar-refractivity contribution in [3.8, 4) is 0 Å². The maximum absolute atomic E-state index is 9.16. The summed E-state index contributed by atoms with van der Waals surface area (Å²) in [6.07, 6.45) is 6.02. The summed E-state index contributed by atoms with van der Waals surface area (Å²) in [6.45, 7) is 5.37. The summed E-state index contributed by atoms with van der Waals surface area (Å²) >= 11 is 0. The predicted octanol–water partition coefficient (Wildman–Crippen LogP) is 1.64. The van der Waals surface area contributed by atoms with Gasteiger partial charge in [-0.15, -0.1) is 0 Å². The van der Waals surface area contributed by atoms with E-state index in [4.69, 9.17) is 5.11 Å². The van der Waals surface area contributed by atoms with Gasteiger partial charge in [0.25, 0.3) is 0 Å². The van der Waals surface area contributed by atoms with Gasteiger partial charge in [-0.25, -0.2) is 0 Å². The molecule has 0 saturated heterocycles. The van der Waals surface area contributed by atoms with Crippen LogP contribution in [0.5, 0.6) is 0 Å². The second-order valence-electron chi connectivity index (χ2n) is 2.24. The highest BCUT2D eigenvalue weighted by Gasteiger charge is 1.95. The van der Waals surface area contributed by atoms with E-state index < -0.39 is 6.10 Å². The van der Waals surface area contributed by atoms with Crippen LogP contribution in [0.15, 0.2) is 36.6 Å². The Morgan fingerprint density at radius 3 is 2.64 bits per heavy atom. The number of hydrogen-bond acceptors (Lipinski definition) is 2. The van der Waals surface area contributed by atoms with Crippen LogP contribution in [0, 0.1) is 0 Å². The maximum atomic E-state index is 9.16. The van der Waals surface area contributed by atoms with Crippen molar-refractivity contribution in [3.05, 3.63) is 36.6 Å². The lowest BCUT2D eigenvalue weighted by Gasteiger charge is -2.00. The second-order valence-corrected chi connectivity index (χ2v) is 2.24. The first-order chi connectivity index (χ1) is 5.18. The van der Waals surface area contributed by atoms with Gasteiger partial charge >= 0.3 is 0 Å². The average Bonchev–Trinajstić information content (AvgIpc) is 1.97. The smallest absolute Gasteiger partial charge is 0.0929 e. The molecule has 1 atom stereocenters. The molecule has 0 rings (SSSR count). The van der Waals surface area contributed by atoms with Gasteiger partial charge in [0.05, 0.1) is 19.5 Å². The van der Waals surface area contributed by atoms with Crippen molar-refractivity contribution in [1.29, 1.82) is 0 Å². The molecule has 0 aliphatic carbocycles. The molecular weight excluding hydrogens is 140 g/mol. The summed E-state index contributed by atoms with van der Waals surface area (Å²) in [5.74, 6) is 0. The van der Waals surface area contributed by atoms with E-state index in [0.717, 1.165) is 5.57 Å². The molecule has 0 aromatic rings. The minimum Gasteiger partial charge on any atom is -0.504 e. The van der Waals surface area contributed by atoms with E-state index in [-0.39, 0.29) is 0 Å². The zero-order valence-corrected chi connectivity index (χ0v) is 6.95. The summed E-state index contributed by atoms with van der Waals surface area (Å²) in [6, 6.07) is 0. The molecule has 0 aromatic carbocycles. The van der Waals surface area contributed by atoms with Crippen LogP contribution in [0.3, 0.4) is 0 Å². The molecule has 0 radical (unpaired) electrons. The molecular formula is C9H14O2. The van der Waals surface area contributed by atoms with E-state index in [2.05, 4.69) is 11.3 Å². The number of aliphatic hydroxyl groups is 1. The highest BCUT2D eigenvalue weighted by Crippen LogP contribution is 1.98. The van der Waals surface area contributed by atoms with E-state index in [0.29, 0.717) is 0 Å². The second kappa shape index (κ2) is 5.74. The van der Waals surface area contributed by atoms with Crippen LogP contribution in [0.25, 0.3) is 0 Å². The minimum atomic E-state index is -0.559. The van der Waals surface area contributed by atoms with Gasteiger partial charge in [0.15, 0.2) is 0 Å². The molecule has 1 N–H and O–H groups in total. The Bertz CT molecular complexity index is 168. The molecule has 11 heavy (non-hydrogen) atoms. The van der Waals surface area contributed by atoms with Crippen molar-refractivity contribution in [2.24, 2.45) is 0 Å². The first-order valence-electron chi connectivity index (χ1n) is 3.38. The van der Waals surface area contributed by atoms with Crippen molar-refractivity contribution in [1.82, 2.24) is 0 Å². The first kappa shape index (κ1) is 9.98. The number of hydrogen-bond donors (Lipinski definition) is 1. The lowest BCUT2D eigenvalue weighted by Crippen LogP contribution is -2.01. The van der Waals surface area contributed by atoms with Gasteiger partial charge < -0.3 is 9.84 Å². The fourth-order valence-corrected chi connectivity index (χ4v) is 0.458. The molecule has 0 aliphatic rings. The number of methoxy groups -OCH3 is 1. The van der Waals surface area contributed by atoms with Gasteiger partial charge in [0.2, 0.25) is 0 Å². The first-order valence-corrected chi connectivity index (χ1v) is 3.38. The summed E-state index contributed by atoms with van der Waals surface area (Å²) in [5.41, 5.74) is 0.729. The van der Waals surface area contributed by atoms with Crippen LogP contribution in [-0.4, -0.2) is 18.3 Å². The Morgan fingerprint density at radius 1 is 1.55 bits per heavy atom. The SMILES string of the molecule is C=C(C)C(O)/C=C/C=C/OC. The summed E-state index contributed by atoms with van der Waals surface area (Å²) < 4.78 is 4.65. The van der Waals surface area contributed by atoms with Gasteiger partial charge in [-0.1, -0.05) is 18.7 Å². The molecule has 0 saturated carbocycles. The molecule has 1 unspecified atom stereocenters. The fourth-order valence-electron chi connectivity index (χ4n) is 0.458. The molecule has 0 bridgehead atoms. The molecule has 0 heterocycles. The van der Waals surface area contributed by atoms with Crippen molar-refractivity contribution in [3.63, 3.8) is 0 Å². The third kappa shape index (κ3) is 5.43. The maximum Gasteiger partial charge on any atom is 0.0929 e. The molecule has 62 valence electrons. The molecule has 0 amide bonds. The summed E-state index contributed by atoms with van der Waals surface area (Å²) in [7, 11) is 1.57. The van der Waals surface area contributed by atoms with Crippen LogP contribution in [0.2, 0.25) is 0 Å². The monoisotopic (exact) mass is 154 g/mol. The molecule has 0 aliphatic heterocycles. The van der Waals surface area contributed by atoms with Crippen LogP contribution in [0.4, 0.5) is 0 Å². The number of aliphatic hydroxyl groups excluding tert-OH is 1. The summed E-state index contributed by atoms with van der Waals surface area (Å²) in [4.78, 5) is 0. The van der Waals surface area contributed by atoms with E-state index in [1.165, 1.54) is 6.26 Å². The van der Waals surface area contributed by atoms with Gasteiger partial charge in [0, 0.05) is 0 Å². The lowest BCUT2D eigenvalue weighted by molar-refractivity contribution is 0.260. The third-order valence-electron chi connectivity index (χ3n) is 1.12. The average molecular weight is 154 g/mol. The zero-order chi connectivity index (χ0) is 8.69. The Kier molecular flexibility index (Phi) is 5.21. The van der Waals surface area contributed by atoms with Gasteiger partial charge in [-0.05, 0) is 18.6 Å². The third-order valence-corrected chi connectivity index (χ3v) is 1.12. The van der Waals surface area contributed by atoms with Gasteiger partial charge in [-0.2, -0.15) is 0 Å². The van der Waals surface area contributed by atoms with Crippen LogP contribution < -0.4 is 0 Å². The van der Waals surface area contributed by atoms with Crippen molar-refractivity contribution in [2.75, 3.05) is 7.11 Å². The van der Waals surface area contributed by atoms with Crippen LogP contribution >= 0.6 is 0 Å². The van der Waals surface area contributed by atoms with Gasteiger partial charge in [-0.3, -0.25) is 0 Å². The largest absolute Gasteiger partial charge is 0.504 e. The molecule has 0 spiro atoms. The minimum absolute atomic E-state index is 0.559. The van der Waals surface area contributed by atoms with Crippen molar-refractivity contribution < 1.29 is 9.84 Å². The van der Waals surface area contributed by atoms with Gasteiger partial charge in [0.1, 0.15) is 0 Å². The normalized spacial score (nSPS) is 14.1. The topological polar surface area (TPSA) is 29.5 Å². The predicted molar refractivity (Wildman–Crippen MR) is 46.1 cm³/mol. The van der Waals surface area contributed by atoms with Crippen LogP contribution in [-0.2, 0) is 4.74 Å². The van der Waals surface area contributed by atoms with Crippen molar-refractivity contribution >= 4 is 0 Å². The zero-order valence-electron chi connectivity index (χ0n) is 6.95. The van der Waals surface area contributed by atoms with Crippen LogP contribution in [0.1, 0.15) is 6.92 Å². The molecule has 2 nitrogen and oxygen atoms in total. The van der Waals surface area contributed by atoms with E-state index in [1.54, 1.807) is 32.3 Å². The highest BCUT2D eigenvalue weighted by molar-refractivity contribution is 5.12. The Hall–Kier alpha value is -1.02. The van der Waals surface area contributed by atoms with Crippen molar-refractivity contribution in [2.45, 2.75) is 13.0 Å². The lowest BCUT2D eigenvalue weighted by atomic mass is 10.2. The fraction of sp³-hybridized carbons (Fsp3) is 0.333.